The van der Waals surface area contributed by atoms with E-state index in [2.05, 4.69) is 10.3 Å². The summed E-state index contributed by atoms with van der Waals surface area (Å²) < 4.78 is 7.50. The Labute approximate surface area is 168 Å². The monoisotopic (exact) mass is 390 g/mol. The number of anilines is 2. The summed E-state index contributed by atoms with van der Waals surface area (Å²) in [6.07, 6.45) is 2.01. The fourth-order valence-electron chi connectivity index (χ4n) is 3.96. The Hall–Kier alpha value is -3.35. The van der Waals surface area contributed by atoms with Crippen LogP contribution < -0.4 is 15.0 Å². The van der Waals surface area contributed by atoms with Crippen LogP contribution in [0, 0.1) is 0 Å². The minimum atomic E-state index is -0.586. The van der Waals surface area contributed by atoms with E-state index in [0.717, 1.165) is 23.9 Å². The lowest BCUT2D eigenvalue weighted by atomic mass is 10.1. The normalized spacial score (nSPS) is 18.2. The van der Waals surface area contributed by atoms with Crippen LogP contribution in [0.1, 0.15) is 32.2 Å². The van der Waals surface area contributed by atoms with Crippen molar-refractivity contribution in [3.8, 4) is 5.75 Å². The molecule has 3 aromatic rings. The largest absolute Gasteiger partial charge is 0.492 e. The van der Waals surface area contributed by atoms with Gasteiger partial charge in [0.1, 0.15) is 11.8 Å². The Morgan fingerprint density at radius 3 is 2.72 bits per heavy atom. The van der Waals surface area contributed by atoms with Gasteiger partial charge in [-0.2, -0.15) is 0 Å². The number of carbonyl (C=O) groups is 2. The number of ether oxygens (including phenoxy) is 1. The molecule has 0 bridgehead atoms. The number of fused-ring (bicyclic) bond motifs is 3. The summed E-state index contributed by atoms with van der Waals surface area (Å²) in [5, 5.41) is 2.91. The average Bonchev–Trinajstić information content (AvgIpc) is 3.42. The number of hydrogen-bond acceptors (Lipinski definition) is 4. The molecule has 1 unspecified atom stereocenters. The smallest absolute Gasteiger partial charge is 0.253 e. The molecule has 7 heteroatoms. The van der Waals surface area contributed by atoms with Crippen molar-refractivity contribution in [2.75, 3.05) is 16.8 Å². The second kappa shape index (κ2) is 6.92. The number of amides is 2. The van der Waals surface area contributed by atoms with Crippen LogP contribution in [0.25, 0.3) is 11.0 Å². The first kappa shape index (κ1) is 17.7. The lowest BCUT2D eigenvalue weighted by molar-refractivity contribution is -0.124. The maximum absolute atomic E-state index is 13.2. The molecule has 29 heavy (non-hydrogen) atoms. The average molecular weight is 390 g/mol. The first-order valence-electron chi connectivity index (χ1n) is 9.99. The summed E-state index contributed by atoms with van der Waals surface area (Å²) in [7, 11) is 0. The Bertz CT molecular complexity index is 1100. The summed E-state index contributed by atoms with van der Waals surface area (Å²) >= 11 is 0. The summed E-state index contributed by atoms with van der Waals surface area (Å²) in [5.41, 5.74) is 2.33. The van der Waals surface area contributed by atoms with E-state index in [1.807, 2.05) is 54.0 Å². The highest BCUT2D eigenvalue weighted by atomic mass is 16.5. The number of imidazole rings is 1. The predicted molar refractivity (Wildman–Crippen MR) is 110 cm³/mol. The highest BCUT2D eigenvalue weighted by molar-refractivity contribution is 6.05. The van der Waals surface area contributed by atoms with Gasteiger partial charge in [-0.1, -0.05) is 24.3 Å². The fraction of sp³-hybridized carbons (Fsp3) is 0.318. The van der Waals surface area contributed by atoms with E-state index >= 15 is 0 Å². The quantitative estimate of drug-likeness (QED) is 0.699. The second-order valence-corrected chi connectivity index (χ2v) is 7.41. The third-order valence-electron chi connectivity index (χ3n) is 5.38. The first-order valence-corrected chi connectivity index (χ1v) is 9.99. The van der Waals surface area contributed by atoms with Gasteiger partial charge >= 0.3 is 0 Å². The van der Waals surface area contributed by atoms with Crippen molar-refractivity contribution in [3.05, 3.63) is 48.5 Å². The Balaban J connectivity index is 1.44. The molecule has 1 N–H and O–H groups in total. The van der Waals surface area contributed by atoms with Crippen molar-refractivity contribution >= 4 is 34.5 Å². The van der Waals surface area contributed by atoms with E-state index < -0.39 is 6.04 Å². The van der Waals surface area contributed by atoms with Crippen LogP contribution in [-0.2, 0) is 9.59 Å². The molecule has 148 valence electrons. The minimum Gasteiger partial charge on any atom is -0.492 e. The Kier molecular flexibility index (Phi) is 4.23. The van der Waals surface area contributed by atoms with E-state index in [-0.39, 0.29) is 24.3 Å². The van der Waals surface area contributed by atoms with Crippen molar-refractivity contribution in [2.24, 2.45) is 0 Å². The molecule has 0 spiro atoms. The van der Waals surface area contributed by atoms with Gasteiger partial charge in [-0.3, -0.25) is 19.1 Å². The standard InChI is InChI=1S/C22H22N4O3/c1-2-29-19-10-6-4-8-16(19)23-20(27)13-18-21(28)25(14-11-12-14)22-24-15-7-3-5-9-17(15)26(18)22/h3-10,14,18H,2,11-13H2,1H3,(H,23,27). The van der Waals surface area contributed by atoms with Gasteiger partial charge < -0.3 is 10.1 Å². The van der Waals surface area contributed by atoms with Gasteiger partial charge in [0.25, 0.3) is 5.91 Å². The molecule has 1 atom stereocenters. The molecule has 2 aromatic carbocycles. The van der Waals surface area contributed by atoms with Gasteiger partial charge in [-0.15, -0.1) is 0 Å². The molecule has 0 saturated heterocycles. The number of nitrogens with one attached hydrogen (secondary N) is 1. The van der Waals surface area contributed by atoms with Gasteiger partial charge in [0.2, 0.25) is 11.9 Å². The summed E-state index contributed by atoms with van der Waals surface area (Å²) in [6, 6.07) is 14.7. The molecule has 1 fully saturated rings. The van der Waals surface area contributed by atoms with Crippen molar-refractivity contribution in [2.45, 2.75) is 38.3 Å². The van der Waals surface area contributed by atoms with E-state index in [1.165, 1.54) is 0 Å². The third-order valence-corrected chi connectivity index (χ3v) is 5.38. The highest BCUT2D eigenvalue weighted by Gasteiger charge is 2.47. The lowest BCUT2D eigenvalue weighted by Crippen LogP contribution is -2.33. The molecule has 5 rings (SSSR count). The maximum atomic E-state index is 13.2. The Morgan fingerprint density at radius 2 is 1.93 bits per heavy atom. The number of benzene rings is 2. The number of carbonyl (C=O) groups excluding carboxylic acids is 2. The minimum absolute atomic E-state index is 0.0472. The van der Waals surface area contributed by atoms with E-state index in [4.69, 9.17) is 4.74 Å². The summed E-state index contributed by atoms with van der Waals surface area (Å²) in [6.45, 7) is 2.41. The molecule has 1 aliphatic carbocycles. The van der Waals surface area contributed by atoms with E-state index in [1.54, 1.807) is 11.0 Å². The zero-order valence-electron chi connectivity index (χ0n) is 16.2. The molecular weight excluding hydrogens is 368 g/mol. The first-order chi connectivity index (χ1) is 14.2. The molecule has 1 aliphatic heterocycles. The SMILES string of the molecule is CCOc1ccccc1NC(=O)CC1C(=O)N(C2CC2)c2nc3ccccc3n21. The van der Waals surface area contributed by atoms with Crippen LogP contribution in [0.15, 0.2) is 48.5 Å². The second-order valence-electron chi connectivity index (χ2n) is 7.41. The summed E-state index contributed by atoms with van der Waals surface area (Å²) in [4.78, 5) is 32.5. The number of para-hydroxylation sites is 4. The van der Waals surface area contributed by atoms with E-state index in [0.29, 0.717) is 24.0 Å². The van der Waals surface area contributed by atoms with Crippen LogP contribution in [0.5, 0.6) is 5.75 Å². The predicted octanol–water partition coefficient (Wildman–Crippen LogP) is 3.51. The molecule has 2 heterocycles. The van der Waals surface area contributed by atoms with Gasteiger partial charge in [0, 0.05) is 6.04 Å². The van der Waals surface area contributed by atoms with Crippen molar-refractivity contribution < 1.29 is 14.3 Å². The van der Waals surface area contributed by atoms with Gasteiger partial charge in [-0.25, -0.2) is 4.98 Å². The zero-order valence-corrected chi connectivity index (χ0v) is 16.2. The number of rotatable bonds is 6. The van der Waals surface area contributed by atoms with Crippen LogP contribution in [0.4, 0.5) is 11.6 Å². The van der Waals surface area contributed by atoms with Crippen LogP contribution in [0.3, 0.4) is 0 Å². The van der Waals surface area contributed by atoms with Crippen molar-refractivity contribution in [3.63, 3.8) is 0 Å². The van der Waals surface area contributed by atoms with Gasteiger partial charge in [0.15, 0.2) is 0 Å². The molecule has 7 nitrogen and oxygen atoms in total. The number of aromatic nitrogens is 2. The molecule has 2 aliphatic rings. The topological polar surface area (TPSA) is 76.5 Å². The third kappa shape index (κ3) is 3.03. The molecule has 1 aromatic heterocycles. The van der Waals surface area contributed by atoms with E-state index in [9.17, 15) is 9.59 Å². The number of nitrogens with zero attached hydrogens (tertiary/aromatic N) is 3. The zero-order chi connectivity index (χ0) is 20.0. The van der Waals surface area contributed by atoms with Crippen LogP contribution in [-0.4, -0.2) is 34.0 Å². The maximum Gasteiger partial charge on any atom is 0.253 e. The van der Waals surface area contributed by atoms with Crippen LogP contribution in [0.2, 0.25) is 0 Å². The number of hydrogen-bond donors (Lipinski definition) is 1. The molecule has 0 radical (unpaired) electrons. The van der Waals surface area contributed by atoms with Crippen molar-refractivity contribution in [1.82, 2.24) is 9.55 Å². The van der Waals surface area contributed by atoms with Gasteiger partial charge in [0.05, 0.1) is 29.7 Å². The van der Waals surface area contributed by atoms with Gasteiger partial charge in [-0.05, 0) is 44.0 Å². The molecule has 2 amide bonds. The Morgan fingerprint density at radius 1 is 1.17 bits per heavy atom. The highest BCUT2D eigenvalue weighted by Crippen LogP contribution is 2.42. The lowest BCUT2D eigenvalue weighted by Gasteiger charge is -2.16. The van der Waals surface area contributed by atoms with Crippen molar-refractivity contribution in [1.29, 1.82) is 0 Å². The molecule has 1 saturated carbocycles. The summed E-state index contributed by atoms with van der Waals surface area (Å²) in [5.74, 6) is 1.01. The van der Waals surface area contributed by atoms with Crippen LogP contribution >= 0.6 is 0 Å². The fourth-order valence-corrected chi connectivity index (χ4v) is 3.96. The molecular formula is C22H22N4O3.